The molecule has 2 N–H and O–H groups in total. The molecule has 1 unspecified atom stereocenters. The van der Waals surface area contributed by atoms with Crippen molar-refractivity contribution in [3.8, 4) is 0 Å². The monoisotopic (exact) mass is 348 g/mol. The number of benzene rings is 2. The lowest BCUT2D eigenvalue weighted by Gasteiger charge is -2.28. The number of hydrogen-bond donors (Lipinski definition) is 1. The number of halogens is 1. The van der Waals surface area contributed by atoms with Crippen LogP contribution < -0.4 is 5.73 Å². The molecule has 0 amide bonds. The molecule has 0 spiro atoms. The first-order chi connectivity index (χ1) is 11.4. The van der Waals surface area contributed by atoms with Crippen molar-refractivity contribution in [2.75, 3.05) is 5.73 Å². The number of anilines is 1. The van der Waals surface area contributed by atoms with Gasteiger partial charge in [-0.2, -0.15) is 4.31 Å². The van der Waals surface area contributed by atoms with Crippen molar-refractivity contribution in [2.45, 2.75) is 37.2 Å². The van der Waals surface area contributed by atoms with E-state index in [0.29, 0.717) is 5.92 Å². The molecular weight excluding hydrogens is 327 g/mol. The summed E-state index contributed by atoms with van der Waals surface area (Å²) in [5.41, 5.74) is 6.32. The maximum Gasteiger partial charge on any atom is 0.243 e. The summed E-state index contributed by atoms with van der Waals surface area (Å²) in [6.45, 7) is 2.23. The predicted octanol–water partition coefficient (Wildman–Crippen LogP) is 3.40. The van der Waals surface area contributed by atoms with Crippen LogP contribution in [0.2, 0.25) is 0 Å². The van der Waals surface area contributed by atoms with Crippen LogP contribution in [0.3, 0.4) is 0 Å². The first kappa shape index (κ1) is 16.9. The van der Waals surface area contributed by atoms with E-state index in [1.165, 1.54) is 16.4 Å². The van der Waals surface area contributed by atoms with Crippen LogP contribution in [0.1, 0.15) is 25.3 Å². The predicted molar refractivity (Wildman–Crippen MR) is 92.2 cm³/mol. The fourth-order valence-corrected chi connectivity index (χ4v) is 4.56. The average Bonchev–Trinajstić information content (AvgIpc) is 3.40. The van der Waals surface area contributed by atoms with Crippen LogP contribution in [-0.4, -0.2) is 18.8 Å². The zero-order valence-electron chi connectivity index (χ0n) is 13.5. The van der Waals surface area contributed by atoms with Gasteiger partial charge in [-0.15, -0.1) is 0 Å². The van der Waals surface area contributed by atoms with Crippen molar-refractivity contribution >= 4 is 15.7 Å². The van der Waals surface area contributed by atoms with E-state index >= 15 is 0 Å². The summed E-state index contributed by atoms with van der Waals surface area (Å²) in [7, 11) is -3.76. The van der Waals surface area contributed by atoms with Gasteiger partial charge in [-0.3, -0.25) is 0 Å². The Labute approximate surface area is 142 Å². The summed E-state index contributed by atoms with van der Waals surface area (Å²) >= 11 is 0. The molecule has 1 atom stereocenters. The molecule has 0 aromatic heterocycles. The number of nitrogens with zero attached hydrogens (tertiary/aromatic N) is 1. The summed E-state index contributed by atoms with van der Waals surface area (Å²) in [4.78, 5) is 0.0323. The van der Waals surface area contributed by atoms with Gasteiger partial charge in [0.25, 0.3) is 0 Å². The maximum atomic E-state index is 13.4. The van der Waals surface area contributed by atoms with Crippen molar-refractivity contribution in [1.82, 2.24) is 4.31 Å². The number of sulfonamides is 1. The van der Waals surface area contributed by atoms with E-state index in [-0.39, 0.29) is 23.2 Å². The molecule has 128 valence electrons. The van der Waals surface area contributed by atoms with E-state index in [0.717, 1.165) is 24.5 Å². The molecule has 0 saturated heterocycles. The maximum absolute atomic E-state index is 13.4. The first-order valence-electron chi connectivity index (χ1n) is 8.00. The summed E-state index contributed by atoms with van der Waals surface area (Å²) in [6, 6.07) is 12.9. The van der Waals surface area contributed by atoms with E-state index in [1.54, 1.807) is 0 Å². The molecule has 0 aliphatic heterocycles. The highest BCUT2D eigenvalue weighted by Crippen LogP contribution is 2.38. The molecule has 1 aliphatic carbocycles. The highest BCUT2D eigenvalue weighted by atomic mass is 32.2. The Morgan fingerprint density at radius 3 is 2.46 bits per heavy atom. The van der Waals surface area contributed by atoms with Crippen LogP contribution in [0.15, 0.2) is 53.4 Å². The largest absolute Gasteiger partial charge is 0.396 e. The number of nitrogens with two attached hydrogens (primary N) is 1. The summed E-state index contributed by atoms with van der Waals surface area (Å²) in [6.07, 6.45) is 2.07. The third kappa shape index (κ3) is 3.44. The third-order valence-electron chi connectivity index (χ3n) is 4.51. The third-order valence-corrected chi connectivity index (χ3v) is 6.44. The van der Waals surface area contributed by atoms with Crippen LogP contribution >= 0.6 is 0 Å². The fraction of sp³-hybridized carbons (Fsp3) is 0.333. The summed E-state index contributed by atoms with van der Waals surface area (Å²) in [5.74, 6) is -0.236. The Bertz CT molecular complexity index is 820. The minimum Gasteiger partial charge on any atom is -0.396 e. The minimum atomic E-state index is -3.76. The van der Waals surface area contributed by atoms with Gasteiger partial charge in [0.05, 0.1) is 10.6 Å². The SMILES string of the molecule is CC(C1CC1)N(Cc1ccccc1)S(=O)(=O)c1ccc(F)c(N)c1. The normalized spacial score (nSPS) is 16.3. The van der Waals surface area contributed by atoms with Gasteiger partial charge < -0.3 is 5.73 Å². The van der Waals surface area contributed by atoms with Gasteiger partial charge in [0.15, 0.2) is 0 Å². The Balaban J connectivity index is 1.98. The molecule has 2 aromatic rings. The van der Waals surface area contributed by atoms with E-state index in [4.69, 9.17) is 5.73 Å². The number of hydrogen-bond acceptors (Lipinski definition) is 3. The highest BCUT2D eigenvalue weighted by molar-refractivity contribution is 7.89. The molecule has 3 rings (SSSR count). The Morgan fingerprint density at radius 1 is 1.21 bits per heavy atom. The topological polar surface area (TPSA) is 63.4 Å². The molecule has 1 saturated carbocycles. The molecule has 2 aromatic carbocycles. The molecular formula is C18H21FN2O2S. The number of nitrogen functional groups attached to an aromatic ring is 1. The second-order valence-electron chi connectivity index (χ2n) is 6.30. The van der Waals surface area contributed by atoms with E-state index in [2.05, 4.69) is 0 Å². The molecule has 6 heteroatoms. The smallest absolute Gasteiger partial charge is 0.243 e. The van der Waals surface area contributed by atoms with Gasteiger partial charge in [-0.1, -0.05) is 30.3 Å². The van der Waals surface area contributed by atoms with E-state index in [9.17, 15) is 12.8 Å². The van der Waals surface area contributed by atoms with Crippen molar-refractivity contribution in [3.05, 3.63) is 59.9 Å². The Morgan fingerprint density at radius 2 is 1.88 bits per heavy atom. The summed E-state index contributed by atoms with van der Waals surface area (Å²) in [5, 5.41) is 0. The van der Waals surface area contributed by atoms with Crippen molar-refractivity contribution in [1.29, 1.82) is 0 Å². The zero-order chi connectivity index (χ0) is 17.3. The quantitative estimate of drug-likeness (QED) is 0.814. The molecule has 0 bridgehead atoms. The second kappa shape index (κ2) is 6.53. The standard InChI is InChI=1S/C18H21FN2O2S/c1-13(15-7-8-15)21(12-14-5-3-2-4-6-14)24(22,23)16-9-10-17(19)18(20)11-16/h2-6,9-11,13,15H,7-8,12,20H2,1H3. The Kier molecular flexibility index (Phi) is 4.60. The van der Waals surface area contributed by atoms with Gasteiger partial charge in [-0.25, -0.2) is 12.8 Å². The molecule has 1 fully saturated rings. The van der Waals surface area contributed by atoms with Crippen LogP contribution in [0.5, 0.6) is 0 Å². The second-order valence-corrected chi connectivity index (χ2v) is 8.19. The molecule has 24 heavy (non-hydrogen) atoms. The van der Waals surface area contributed by atoms with Crippen LogP contribution in [0, 0.1) is 11.7 Å². The van der Waals surface area contributed by atoms with Gasteiger partial charge in [0.1, 0.15) is 5.82 Å². The van der Waals surface area contributed by atoms with Gasteiger partial charge in [0, 0.05) is 12.6 Å². The fourth-order valence-electron chi connectivity index (χ4n) is 2.84. The van der Waals surface area contributed by atoms with Crippen molar-refractivity contribution in [2.24, 2.45) is 5.92 Å². The first-order valence-corrected chi connectivity index (χ1v) is 9.44. The zero-order valence-corrected chi connectivity index (χ0v) is 14.3. The van der Waals surface area contributed by atoms with Crippen molar-refractivity contribution in [3.63, 3.8) is 0 Å². The molecule has 0 heterocycles. The summed E-state index contributed by atoms with van der Waals surface area (Å²) < 4.78 is 41.1. The van der Waals surface area contributed by atoms with E-state index in [1.807, 2.05) is 37.3 Å². The highest BCUT2D eigenvalue weighted by Gasteiger charge is 2.38. The lowest BCUT2D eigenvalue weighted by atomic mass is 10.2. The van der Waals surface area contributed by atoms with Crippen LogP contribution in [0.25, 0.3) is 0 Å². The number of rotatable bonds is 6. The Hall–Kier alpha value is -1.92. The van der Waals surface area contributed by atoms with E-state index < -0.39 is 15.8 Å². The molecule has 1 aliphatic rings. The van der Waals surface area contributed by atoms with Gasteiger partial charge in [0.2, 0.25) is 10.0 Å². The average molecular weight is 348 g/mol. The van der Waals surface area contributed by atoms with Gasteiger partial charge >= 0.3 is 0 Å². The van der Waals surface area contributed by atoms with Crippen LogP contribution in [0.4, 0.5) is 10.1 Å². The molecule has 0 radical (unpaired) electrons. The minimum absolute atomic E-state index is 0.0323. The lowest BCUT2D eigenvalue weighted by molar-refractivity contribution is 0.303. The van der Waals surface area contributed by atoms with Crippen molar-refractivity contribution < 1.29 is 12.8 Å². The van der Waals surface area contributed by atoms with Gasteiger partial charge in [-0.05, 0) is 49.4 Å². The van der Waals surface area contributed by atoms with Crippen LogP contribution in [-0.2, 0) is 16.6 Å². The molecule has 4 nitrogen and oxygen atoms in total. The lowest BCUT2D eigenvalue weighted by Crippen LogP contribution is -2.39.